The molecule has 3 N–H and O–H groups in total. The van der Waals surface area contributed by atoms with Crippen molar-refractivity contribution in [3.05, 3.63) is 35.3 Å². The first-order valence-electron chi connectivity index (χ1n) is 13.1. The standard InChI is InChI=1S/C25H30F3N7O4/c1-13-2-4-16(5-3-13)20(32-23(37)21-19(15-6-7-15)33-39-34-21)22(36)31-18-10-14(8-9-29-18)11-35-12-17(25(26,27)28)30-24(35)38/h8-10,13,15-17,20H,2-7,11-12H2,1H3,(H,30,38)(H,32,37)(H,29,31,36)/t13?,16?,17-,20-/m0/s1. The van der Waals surface area contributed by atoms with Gasteiger partial charge in [0, 0.05) is 18.7 Å². The quantitative estimate of drug-likeness (QED) is 0.458. The molecule has 5 rings (SSSR count). The number of alkyl halides is 3. The number of hydrogen-bond acceptors (Lipinski definition) is 7. The van der Waals surface area contributed by atoms with E-state index < -0.39 is 42.7 Å². The van der Waals surface area contributed by atoms with Crippen LogP contribution in [0.25, 0.3) is 0 Å². The lowest BCUT2D eigenvalue weighted by Crippen LogP contribution is -2.49. The number of rotatable bonds is 8. The number of carbonyl (C=O) groups excluding carboxylic acids is 3. The van der Waals surface area contributed by atoms with Crippen LogP contribution in [0.1, 0.15) is 73.1 Å². The molecule has 2 aliphatic carbocycles. The largest absolute Gasteiger partial charge is 0.410 e. The fourth-order valence-corrected chi connectivity index (χ4v) is 5.18. The van der Waals surface area contributed by atoms with Crippen molar-refractivity contribution in [2.24, 2.45) is 11.8 Å². The molecule has 1 aliphatic heterocycles. The van der Waals surface area contributed by atoms with Crippen molar-refractivity contribution in [2.45, 2.75) is 76.2 Å². The Labute approximate surface area is 222 Å². The van der Waals surface area contributed by atoms with Crippen LogP contribution in [0.2, 0.25) is 0 Å². The van der Waals surface area contributed by atoms with Gasteiger partial charge >= 0.3 is 12.2 Å². The van der Waals surface area contributed by atoms with Crippen LogP contribution in [-0.2, 0) is 11.3 Å². The Hall–Kier alpha value is -3.71. The highest BCUT2D eigenvalue weighted by atomic mass is 19.4. The molecule has 2 aromatic rings. The predicted octanol–water partition coefficient (Wildman–Crippen LogP) is 3.36. The average molecular weight is 550 g/mol. The Morgan fingerprint density at radius 2 is 1.92 bits per heavy atom. The molecule has 0 spiro atoms. The van der Waals surface area contributed by atoms with Crippen LogP contribution < -0.4 is 16.0 Å². The first kappa shape index (κ1) is 26.9. The molecule has 0 unspecified atom stereocenters. The Morgan fingerprint density at radius 3 is 2.59 bits per heavy atom. The number of hydrogen-bond donors (Lipinski definition) is 3. The number of anilines is 1. The highest BCUT2D eigenvalue weighted by Crippen LogP contribution is 2.40. The van der Waals surface area contributed by atoms with E-state index in [4.69, 9.17) is 4.63 Å². The predicted molar refractivity (Wildman–Crippen MR) is 130 cm³/mol. The molecule has 3 heterocycles. The molecule has 4 amide bonds. The maximum Gasteiger partial charge on any atom is 0.410 e. The molecule has 0 radical (unpaired) electrons. The lowest BCUT2D eigenvalue weighted by Gasteiger charge is -2.32. The zero-order chi connectivity index (χ0) is 27.7. The van der Waals surface area contributed by atoms with Gasteiger partial charge in [0.05, 0.1) is 6.54 Å². The molecule has 3 fully saturated rings. The van der Waals surface area contributed by atoms with Gasteiger partial charge in [-0.2, -0.15) is 13.2 Å². The maximum atomic E-state index is 13.5. The van der Waals surface area contributed by atoms with Crippen LogP contribution in [0, 0.1) is 11.8 Å². The highest BCUT2D eigenvalue weighted by Gasteiger charge is 2.46. The van der Waals surface area contributed by atoms with E-state index in [1.807, 2.05) is 5.32 Å². The zero-order valence-corrected chi connectivity index (χ0v) is 21.3. The Morgan fingerprint density at radius 1 is 1.18 bits per heavy atom. The van der Waals surface area contributed by atoms with Gasteiger partial charge < -0.3 is 20.9 Å². The number of pyridine rings is 1. The van der Waals surface area contributed by atoms with Gasteiger partial charge in [0.1, 0.15) is 23.6 Å². The SMILES string of the molecule is CC1CCC([C@H](NC(=O)c2nonc2C2CC2)C(=O)Nc2cc(CN3C[C@@H](C(F)(F)F)NC3=O)ccn2)CC1. The first-order chi connectivity index (χ1) is 18.6. The summed E-state index contributed by atoms with van der Waals surface area (Å²) in [5.41, 5.74) is 1.07. The normalized spacial score (nSPS) is 24.3. The highest BCUT2D eigenvalue weighted by molar-refractivity contribution is 6.00. The molecule has 11 nitrogen and oxygen atoms in total. The van der Waals surface area contributed by atoms with Crippen LogP contribution in [0.5, 0.6) is 0 Å². The van der Waals surface area contributed by atoms with Crippen LogP contribution in [0.4, 0.5) is 23.8 Å². The molecular formula is C25H30F3N7O4. The molecule has 0 bridgehead atoms. The van der Waals surface area contributed by atoms with Crippen LogP contribution in [0.3, 0.4) is 0 Å². The van der Waals surface area contributed by atoms with Crippen LogP contribution in [0.15, 0.2) is 23.0 Å². The topological polar surface area (TPSA) is 142 Å². The van der Waals surface area contributed by atoms with Crippen molar-refractivity contribution in [3.8, 4) is 0 Å². The molecule has 1 saturated heterocycles. The van der Waals surface area contributed by atoms with Gasteiger partial charge in [-0.25, -0.2) is 14.4 Å². The van der Waals surface area contributed by atoms with Crippen molar-refractivity contribution in [1.29, 1.82) is 0 Å². The molecule has 39 heavy (non-hydrogen) atoms. The summed E-state index contributed by atoms with van der Waals surface area (Å²) in [6.07, 6.45) is 2.02. The van der Waals surface area contributed by atoms with Gasteiger partial charge in [-0.1, -0.05) is 24.9 Å². The van der Waals surface area contributed by atoms with Gasteiger partial charge in [0.25, 0.3) is 5.91 Å². The summed E-state index contributed by atoms with van der Waals surface area (Å²) >= 11 is 0. The second-order valence-electron chi connectivity index (χ2n) is 10.7. The molecule has 210 valence electrons. The van der Waals surface area contributed by atoms with E-state index in [9.17, 15) is 27.6 Å². The maximum absolute atomic E-state index is 13.5. The third-order valence-corrected chi connectivity index (χ3v) is 7.63. The minimum absolute atomic E-state index is 0.0839. The van der Waals surface area contributed by atoms with Crippen molar-refractivity contribution < 1.29 is 32.2 Å². The number of nitrogens with zero attached hydrogens (tertiary/aromatic N) is 4. The molecule has 2 saturated carbocycles. The third-order valence-electron chi connectivity index (χ3n) is 7.63. The van der Waals surface area contributed by atoms with E-state index >= 15 is 0 Å². The summed E-state index contributed by atoms with van der Waals surface area (Å²) in [7, 11) is 0. The zero-order valence-electron chi connectivity index (χ0n) is 21.3. The van der Waals surface area contributed by atoms with E-state index in [1.54, 1.807) is 6.07 Å². The van der Waals surface area contributed by atoms with Crippen molar-refractivity contribution in [2.75, 3.05) is 11.9 Å². The molecule has 3 aliphatic rings. The smallest absolute Gasteiger partial charge is 0.338 e. The van der Waals surface area contributed by atoms with Crippen LogP contribution in [-0.4, -0.2) is 62.8 Å². The van der Waals surface area contributed by atoms with Crippen molar-refractivity contribution in [3.63, 3.8) is 0 Å². The second kappa shape index (κ2) is 10.8. The van der Waals surface area contributed by atoms with E-state index in [-0.39, 0.29) is 29.9 Å². The van der Waals surface area contributed by atoms with E-state index in [2.05, 4.69) is 32.9 Å². The summed E-state index contributed by atoms with van der Waals surface area (Å²) in [4.78, 5) is 43.8. The number of amides is 4. The summed E-state index contributed by atoms with van der Waals surface area (Å²) < 4.78 is 43.8. The summed E-state index contributed by atoms with van der Waals surface area (Å²) in [6, 6.07) is -0.560. The van der Waals surface area contributed by atoms with Crippen molar-refractivity contribution >= 4 is 23.7 Å². The van der Waals surface area contributed by atoms with Gasteiger partial charge in [-0.3, -0.25) is 9.59 Å². The minimum Gasteiger partial charge on any atom is -0.338 e. The van der Waals surface area contributed by atoms with Gasteiger partial charge in [0.2, 0.25) is 5.91 Å². The lowest BCUT2D eigenvalue weighted by molar-refractivity contribution is -0.149. The number of urea groups is 1. The van der Waals surface area contributed by atoms with Crippen LogP contribution >= 0.6 is 0 Å². The number of aromatic nitrogens is 3. The first-order valence-corrected chi connectivity index (χ1v) is 13.1. The fraction of sp³-hybridized carbons (Fsp3) is 0.600. The third kappa shape index (κ3) is 6.31. The van der Waals surface area contributed by atoms with Crippen molar-refractivity contribution in [1.82, 2.24) is 30.8 Å². The minimum atomic E-state index is -4.54. The molecule has 2 atom stereocenters. The number of halogens is 3. The van der Waals surface area contributed by atoms with E-state index in [0.29, 0.717) is 17.2 Å². The second-order valence-corrected chi connectivity index (χ2v) is 10.7. The monoisotopic (exact) mass is 549 g/mol. The molecule has 2 aromatic heterocycles. The van der Waals surface area contributed by atoms with Gasteiger partial charge in [0.15, 0.2) is 5.69 Å². The molecule has 14 heteroatoms. The number of carbonyl (C=O) groups is 3. The van der Waals surface area contributed by atoms with E-state index in [1.165, 1.54) is 12.3 Å². The summed E-state index contributed by atoms with van der Waals surface area (Å²) in [5, 5.41) is 15.1. The Kier molecular flexibility index (Phi) is 7.45. The average Bonchev–Trinajstić information content (AvgIpc) is 3.49. The van der Waals surface area contributed by atoms with Gasteiger partial charge in [-0.15, -0.1) is 0 Å². The Balaban J connectivity index is 1.28. The summed E-state index contributed by atoms with van der Waals surface area (Å²) in [6.45, 7) is 1.55. The number of nitrogens with one attached hydrogen (secondary N) is 3. The fourth-order valence-electron chi connectivity index (χ4n) is 5.18. The molecular weight excluding hydrogens is 519 g/mol. The molecule has 0 aromatic carbocycles. The van der Waals surface area contributed by atoms with Gasteiger partial charge in [-0.05, 0) is 60.4 Å². The Bertz CT molecular complexity index is 1220. The summed E-state index contributed by atoms with van der Waals surface area (Å²) in [5.74, 6) is -0.276. The lowest BCUT2D eigenvalue weighted by atomic mass is 9.79. The van der Waals surface area contributed by atoms with E-state index in [0.717, 1.165) is 43.4 Å².